The number of Topliss-reactive ketones (excluding diaryl/α,β-unsaturated/α-hetero) is 1. The van der Waals surface area contributed by atoms with Crippen LogP contribution in [0, 0.1) is 5.92 Å². The summed E-state index contributed by atoms with van der Waals surface area (Å²) in [7, 11) is -3.26. The molecule has 10 nitrogen and oxygen atoms in total. The summed E-state index contributed by atoms with van der Waals surface area (Å²) >= 11 is 0. The van der Waals surface area contributed by atoms with E-state index in [0.29, 0.717) is 43.6 Å². The van der Waals surface area contributed by atoms with Gasteiger partial charge in [0.05, 0.1) is 17.5 Å². The lowest BCUT2D eigenvalue weighted by Crippen LogP contribution is -2.57. The molecule has 2 N–H and O–H groups in total. The molecule has 1 aromatic rings. The van der Waals surface area contributed by atoms with Crippen molar-refractivity contribution in [2.24, 2.45) is 5.92 Å². The van der Waals surface area contributed by atoms with Crippen molar-refractivity contribution in [3.63, 3.8) is 0 Å². The molecule has 4 heterocycles. The largest absolute Gasteiger partial charge is 0.390 e. The monoisotopic (exact) mass is 532 g/mol. The Balaban J connectivity index is 1.22. The van der Waals surface area contributed by atoms with E-state index in [1.54, 1.807) is 24.3 Å². The fourth-order valence-electron chi connectivity index (χ4n) is 6.59. The Kier molecular flexibility index (Phi) is 7.16. The molecule has 0 spiro atoms. The van der Waals surface area contributed by atoms with E-state index < -0.39 is 39.6 Å². The minimum absolute atomic E-state index is 0.109. The van der Waals surface area contributed by atoms with Gasteiger partial charge in [-0.1, -0.05) is 12.1 Å². The number of ketones is 1. The van der Waals surface area contributed by atoms with Gasteiger partial charge in [-0.25, -0.2) is 8.42 Å². The zero-order chi connectivity index (χ0) is 26.5. The van der Waals surface area contributed by atoms with Gasteiger partial charge in [0.2, 0.25) is 21.8 Å². The van der Waals surface area contributed by atoms with Gasteiger partial charge < -0.3 is 15.3 Å². The van der Waals surface area contributed by atoms with Gasteiger partial charge in [0.1, 0.15) is 0 Å². The summed E-state index contributed by atoms with van der Waals surface area (Å²) in [5.74, 6) is -2.75. The molecule has 4 aliphatic rings. The quantitative estimate of drug-likeness (QED) is 0.496. The van der Waals surface area contributed by atoms with Gasteiger partial charge in [-0.05, 0) is 58.1 Å². The highest BCUT2D eigenvalue weighted by Crippen LogP contribution is 2.37. The number of hydrogen-bond acceptors (Lipinski definition) is 7. The maximum absolute atomic E-state index is 13.3. The summed E-state index contributed by atoms with van der Waals surface area (Å²) < 4.78 is 25.6. The second-order valence-electron chi connectivity index (χ2n) is 11.1. The number of sulfonamides is 1. The van der Waals surface area contributed by atoms with E-state index in [4.69, 9.17) is 0 Å². The highest BCUT2D eigenvalue weighted by molar-refractivity contribution is 7.89. The van der Waals surface area contributed by atoms with E-state index in [2.05, 4.69) is 10.2 Å². The first-order valence-electron chi connectivity index (χ1n) is 13.2. The van der Waals surface area contributed by atoms with Crippen LogP contribution in [0.25, 0.3) is 0 Å². The maximum Gasteiger partial charge on any atom is 0.247 e. The van der Waals surface area contributed by atoms with Gasteiger partial charge in [-0.15, -0.1) is 0 Å². The summed E-state index contributed by atoms with van der Waals surface area (Å²) in [6, 6.07) is 6.86. The number of para-hydroxylation sites is 1. The predicted octanol–water partition coefficient (Wildman–Crippen LogP) is 0.749. The van der Waals surface area contributed by atoms with Crippen molar-refractivity contribution in [2.45, 2.75) is 76.2 Å². The van der Waals surface area contributed by atoms with Crippen molar-refractivity contribution in [3.8, 4) is 0 Å². The van der Waals surface area contributed by atoms with E-state index in [9.17, 15) is 27.9 Å². The lowest BCUT2D eigenvalue weighted by Gasteiger charge is -2.41. The number of amides is 2. The van der Waals surface area contributed by atoms with Gasteiger partial charge >= 0.3 is 0 Å². The van der Waals surface area contributed by atoms with Crippen LogP contribution in [-0.2, 0) is 19.6 Å². The molecule has 0 aliphatic carbocycles. The number of fused-ring (bicyclic) bond motifs is 3. The zero-order valence-electron chi connectivity index (χ0n) is 21.4. The van der Waals surface area contributed by atoms with Crippen molar-refractivity contribution >= 4 is 33.3 Å². The van der Waals surface area contributed by atoms with Crippen molar-refractivity contribution in [3.05, 3.63) is 29.8 Å². The fraction of sp³-hybridized carbons (Fsp3) is 0.654. The van der Waals surface area contributed by atoms with E-state index in [1.165, 1.54) is 9.21 Å². The van der Waals surface area contributed by atoms with Crippen molar-refractivity contribution < 1.29 is 27.9 Å². The third kappa shape index (κ3) is 4.94. The molecule has 5 rings (SSSR count). The zero-order valence-corrected chi connectivity index (χ0v) is 22.2. The first kappa shape index (κ1) is 26.3. The highest BCUT2D eigenvalue weighted by Gasteiger charge is 2.47. The number of nitrogens with one attached hydrogen (secondary N) is 1. The maximum atomic E-state index is 13.3. The van der Waals surface area contributed by atoms with Crippen molar-refractivity contribution in [2.75, 3.05) is 30.3 Å². The molecule has 1 aromatic carbocycles. The molecule has 4 aliphatic heterocycles. The lowest BCUT2D eigenvalue weighted by molar-refractivity contribution is -0.132. The minimum Gasteiger partial charge on any atom is -0.390 e. The summed E-state index contributed by atoms with van der Waals surface area (Å²) in [5, 5.41) is 13.6. The number of β-amino-alcohol motifs (C(OH)–C–C–N with tert-alkyl or cyclic N) is 1. The number of carbonyl (C=O) groups excluding carboxylic acids is 3. The molecule has 5 atom stereocenters. The number of rotatable bonds is 7. The molecule has 0 aromatic heterocycles. The second kappa shape index (κ2) is 10.1. The van der Waals surface area contributed by atoms with Crippen LogP contribution in [-0.4, -0.2) is 96.0 Å². The van der Waals surface area contributed by atoms with Gasteiger partial charge in [0.15, 0.2) is 11.7 Å². The molecule has 37 heavy (non-hydrogen) atoms. The van der Waals surface area contributed by atoms with Crippen LogP contribution >= 0.6 is 0 Å². The first-order valence-corrected chi connectivity index (χ1v) is 14.9. The smallest absolute Gasteiger partial charge is 0.247 e. The number of piperidine rings is 1. The second-order valence-corrected chi connectivity index (χ2v) is 13.1. The highest BCUT2D eigenvalue weighted by atomic mass is 32.2. The van der Waals surface area contributed by atoms with Crippen LogP contribution in [0.2, 0.25) is 0 Å². The number of nitrogens with zero attached hydrogens (tertiary/aromatic N) is 3. The molecule has 3 saturated heterocycles. The number of hydrogen-bond donors (Lipinski definition) is 2. The Labute approximate surface area is 218 Å². The fourth-order valence-corrected chi connectivity index (χ4v) is 8.15. The predicted molar refractivity (Wildman–Crippen MR) is 138 cm³/mol. The molecular formula is C26H36N4O6S. The first-order chi connectivity index (χ1) is 17.6. The average molecular weight is 533 g/mol. The van der Waals surface area contributed by atoms with Crippen LogP contribution < -0.4 is 10.2 Å². The lowest BCUT2D eigenvalue weighted by atomic mass is 9.88. The summed E-state index contributed by atoms with van der Waals surface area (Å²) in [6.07, 6.45) is 3.01. The molecular weight excluding hydrogens is 496 g/mol. The van der Waals surface area contributed by atoms with Crippen LogP contribution in [0.5, 0.6) is 0 Å². The topological polar surface area (TPSA) is 127 Å². The summed E-state index contributed by atoms with van der Waals surface area (Å²) in [4.78, 5) is 43.6. The van der Waals surface area contributed by atoms with Gasteiger partial charge in [-0.3, -0.25) is 19.3 Å². The average Bonchev–Trinajstić information content (AvgIpc) is 3.26. The molecule has 2 amide bonds. The molecule has 3 fully saturated rings. The minimum atomic E-state index is -3.26. The van der Waals surface area contributed by atoms with Gasteiger partial charge in [0.25, 0.3) is 0 Å². The third-order valence-electron chi connectivity index (χ3n) is 8.22. The normalized spacial score (nSPS) is 30.5. The standard InChI is InChI=1S/C26H36N4O6S/c1-16(2)30-22-7-4-3-6-21(22)24(32)23(26(30)34)25(33)27-17-12-18-8-9-19(13-17)29(18)15-20(31)14-28-10-5-11-37(28,35)36/h3-4,6-7,16-20,23,31H,5,8-15H2,1-2H3,(H,27,33)/t17-,18-,19+,20?,23?. The number of aliphatic hydroxyl groups is 1. The molecule has 2 bridgehead atoms. The van der Waals surface area contributed by atoms with Crippen molar-refractivity contribution in [1.82, 2.24) is 14.5 Å². The van der Waals surface area contributed by atoms with E-state index in [1.807, 2.05) is 13.8 Å². The molecule has 11 heteroatoms. The molecule has 2 unspecified atom stereocenters. The van der Waals surface area contributed by atoms with Gasteiger partial charge in [-0.2, -0.15) is 4.31 Å². The van der Waals surface area contributed by atoms with E-state index in [0.717, 1.165) is 12.8 Å². The molecule has 0 radical (unpaired) electrons. The Bertz CT molecular complexity index is 1170. The molecule has 202 valence electrons. The Morgan fingerprint density at radius 3 is 2.41 bits per heavy atom. The Hall–Kier alpha value is -2.34. The Morgan fingerprint density at radius 1 is 1.11 bits per heavy atom. The number of carbonyl (C=O) groups is 3. The SMILES string of the molecule is CC(C)N1C(=O)C(C(=O)N[C@@H]2C[C@H]3CC[C@@H](C2)N3CC(O)CN2CCCS2(=O)=O)C(=O)c2ccccc21. The van der Waals surface area contributed by atoms with Crippen LogP contribution in [0.4, 0.5) is 5.69 Å². The van der Waals surface area contributed by atoms with E-state index >= 15 is 0 Å². The van der Waals surface area contributed by atoms with Crippen molar-refractivity contribution in [1.29, 1.82) is 0 Å². The van der Waals surface area contributed by atoms with Gasteiger partial charge in [0, 0.05) is 49.4 Å². The number of aliphatic hydroxyl groups excluding tert-OH is 1. The Morgan fingerprint density at radius 2 is 1.78 bits per heavy atom. The molecule has 0 saturated carbocycles. The van der Waals surface area contributed by atoms with E-state index in [-0.39, 0.29) is 36.5 Å². The van der Waals surface area contributed by atoms with Crippen LogP contribution in [0.15, 0.2) is 24.3 Å². The summed E-state index contributed by atoms with van der Waals surface area (Å²) in [6.45, 7) is 4.68. The van der Waals surface area contributed by atoms with Crippen LogP contribution in [0.1, 0.15) is 56.3 Å². The number of benzene rings is 1. The van der Waals surface area contributed by atoms with Crippen LogP contribution in [0.3, 0.4) is 0 Å². The number of anilines is 1. The summed E-state index contributed by atoms with van der Waals surface area (Å²) in [5.41, 5.74) is 0.933. The third-order valence-corrected chi connectivity index (χ3v) is 10.1.